The van der Waals surface area contributed by atoms with Crippen molar-refractivity contribution < 1.29 is 19.1 Å². The van der Waals surface area contributed by atoms with Gasteiger partial charge >= 0.3 is 6.09 Å². The highest BCUT2D eigenvalue weighted by Gasteiger charge is 2.24. The molecule has 1 aromatic carbocycles. The Balaban J connectivity index is 1.71. The van der Waals surface area contributed by atoms with Crippen LogP contribution in [-0.2, 0) is 9.53 Å². The maximum absolute atomic E-state index is 12.1. The summed E-state index contributed by atoms with van der Waals surface area (Å²) in [5.74, 6) is -0.141. The van der Waals surface area contributed by atoms with Gasteiger partial charge in [-0.3, -0.25) is 9.59 Å². The first-order chi connectivity index (χ1) is 11.5. The highest BCUT2D eigenvalue weighted by atomic mass is 16.5. The molecule has 2 amide bonds. The molecule has 1 heterocycles. The molecule has 0 saturated carbocycles. The average molecular weight is 332 g/mol. The summed E-state index contributed by atoms with van der Waals surface area (Å²) in [5, 5.41) is 2.94. The Labute approximate surface area is 142 Å². The molecule has 130 valence electrons. The van der Waals surface area contributed by atoms with Gasteiger partial charge in [-0.1, -0.05) is 29.8 Å². The number of nitrogens with zero attached hydrogens (tertiary/aromatic N) is 1. The summed E-state index contributed by atoms with van der Waals surface area (Å²) in [6, 6.07) is 7.41. The van der Waals surface area contributed by atoms with E-state index in [-0.39, 0.29) is 36.7 Å². The molecule has 0 spiro atoms. The minimum atomic E-state index is -0.330. The van der Waals surface area contributed by atoms with Crippen LogP contribution in [-0.4, -0.2) is 48.9 Å². The van der Waals surface area contributed by atoms with E-state index in [1.807, 2.05) is 19.1 Å². The van der Waals surface area contributed by atoms with Crippen molar-refractivity contribution in [2.45, 2.75) is 38.6 Å². The van der Waals surface area contributed by atoms with Crippen LogP contribution < -0.4 is 5.32 Å². The smallest absolute Gasteiger partial charge is 0.409 e. The fourth-order valence-corrected chi connectivity index (χ4v) is 2.75. The lowest BCUT2D eigenvalue weighted by Gasteiger charge is -2.31. The van der Waals surface area contributed by atoms with Gasteiger partial charge in [-0.05, 0) is 19.8 Å². The molecular formula is C18H24N2O4. The largest absolute Gasteiger partial charge is 0.453 e. The van der Waals surface area contributed by atoms with Crippen LogP contribution in [0, 0.1) is 6.92 Å². The van der Waals surface area contributed by atoms with Crippen molar-refractivity contribution in [2.75, 3.05) is 20.2 Å². The zero-order valence-corrected chi connectivity index (χ0v) is 14.2. The minimum Gasteiger partial charge on any atom is -0.453 e. The molecule has 0 bridgehead atoms. The summed E-state index contributed by atoms with van der Waals surface area (Å²) in [4.78, 5) is 37.1. The monoisotopic (exact) mass is 332 g/mol. The number of likely N-dealkylation sites (tertiary alicyclic amines) is 1. The lowest BCUT2D eigenvalue weighted by atomic mass is 10.0. The minimum absolute atomic E-state index is 0.0225. The molecule has 0 atom stereocenters. The van der Waals surface area contributed by atoms with Crippen molar-refractivity contribution in [3.63, 3.8) is 0 Å². The number of ether oxygens (including phenoxy) is 1. The Kier molecular flexibility index (Phi) is 6.35. The molecule has 0 unspecified atom stereocenters. The Morgan fingerprint density at radius 3 is 2.33 bits per heavy atom. The molecule has 0 radical (unpaired) electrons. The number of hydrogen-bond donors (Lipinski definition) is 1. The third kappa shape index (κ3) is 5.08. The molecule has 24 heavy (non-hydrogen) atoms. The molecule has 6 nitrogen and oxygen atoms in total. The molecule has 1 aliphatic heterocycles. The first kappa shape index (κ1) is 18.0. The fourth-order valence-electron chi connectivity index (χ4n) is 2.75. The van der Waals surface area contributed by atoms with Crippen LogP contribution in [0.5, 0.6) is 0 Å². The number of carbonyl (C=O) groups is 3. The highest BCUT2D eigenvalue weighted by molar-refractivity contribution is 5.98. The molecule has 0 aromatic heterocycles. The zero-order valence-electron chi connectivity index (χ0n) is 14.2. The van der Waals surface area contributed by atoms with Crippen LogP contribution in [0.25, 0.3) is 0 Å². The number of rotatable bonds is 5. The van der Waals surface area contributed by atoms with Gasteiger partial charge in [0.25, 0.3) is 0 Å². The summed E-state index contributed by atoms with van der Waals surface area (Å²) in [6.07, 6.45) is 1.46. The van der Waals surface area contributed by atoms with Gasteiger partial charge in [0.15, 0.2) is 5.78 Å². The lowest BCUT2D eigenvalue weighted by molar-refractivity contribution is -0.122. The number of ketones is 1. The Morgan fingerprint density at radius 1 is 1.12 bits per heavy atom. The van der Waals surface area contributed by atoms with Gasteiger partial charge in [0, 0.05) is 37.5 Å². The molecule has 6 heteroatoms. The second-order valence-electron chi connectivity index (χ2n) is 6.09. The number of hydrogen-bond acceptors (Lipinski definition) is 4. The average Bonchev–Trinajstić information content (AvgIpc) is 2.60. The van der Waals surface area contributed by atoms with Gasteiger partial charge < -0.3 is 15.0 Å². The molecule has 1 N–H and O–H groups in total. The normalized spacial score (nSPS) is 15.0. The number of nitrogens with one attached hydrogen (secondary N) is 1. The van der Waals surface area contributed by atoms with Gasteiger partial charge in [-0.15, -0.1) is 0 Å². The SMILES string of the molecule is COC(=O)N1CCC(NC(=O)CCC(=O)c2ccc(C)cc2)CC1. The Bertz CT molecular complexity index is 590. The van der Waals surface area contributed by atoms with E-state index in [1.54, 1.807) is 17.0 Å². The van der Waals surface area contributed by atoms with E-state index in [9.17, 15) is 14.4 Å². The summed E-state index contributed by atoms with van der Waals surface area (Å²) in [7, 11) is 1.36. The predicted molar refractivity (Wildman–Crippen MR) is 89.9 cm³/mol. The number of Topliss-reactive ketones (excluding diaryl/α,β-unsaturated/α-hetero) is 1. The second kappa shape index (κ2) is 8.47. The van der Waals surface area contributed by atoms with E-state index in [4.69, 9.17) is 0 Å². The van der Waals surface area contributed by atoms with Crippen LogP contribution in [0.3, 0.4) is 0 Å². The molecule has 1 fully saturated rings. The third-order valence-corrected chi connectivity index (χ3v) is 4.25. The van der Waals surface area contributed by atoms with Gasteiger partial charge in [0.2, 0.25) is 5.91 Å². The topological polar surface area (TPSA) is 75.7 Å². The van der Waals surface area contributed by atoms with Gasteiger partial charge in [0.05, 0.1) is 7.11 Å². The molecule has 1 aromatic rings. The number of benzene rings is 1. The molecular weight excluding hydrogens is 308 g/mol. The summed E-state index contributed by atoms with van der Waals surface area (Å²) in [6.45, 7) is 3.10. The predicted octanol–water partition coefficient (Wildman–Crippen LogP) is 2.30. The van der Waals surface area contributed by atoms with E-state index in [0.29, 0.717) is 31.5 Å². The maximum Gasteiger partial charge on any atom is 0.409 e. The van der Waals surface area contributed by atoms with Crippen LogP contribution in [0.1, 0.15) is 41.6 Å². The maximum atomic E-state index is 12.1. The summed E-state index contributed by atoms with van der Waals surface area (Å²) < 4.78 is 4.68. The quantitative estimate of drug-likeness (QED) is 0.840. The van der Waals surface area contributed by atoms with Crippen molar-refractivity contribution in [3.8, 4) is 0 Å². The van der Waals surface area contributed by atoms with Crippen molar-refractivity contribution in [3.05, 3.63) is 35.4 Å². The van der Waals surface area contributed by atoms with Gasteiger partial charge in [0.1, 0.15) is 0 Å². The molecule has 0 aliphatic carbocycles. The molecule has 1 saturated heterocycles. The summed E-state index contributed by atoms with van der Waals surface area (Å²) >= 11 is 0. The van der Waals surface area contributed by atoms with Crippen LogP contribution in [0.2, 0.25) is 0 Å². The van der Waals surface area contributed by atoms with Crippen molar-refractivity contribution in [1.29, 1.82) is 0 Å². The van der Waals surface area contributed by atoms with Crippen LogP contribution in [0.15, 0.2) is 24.3 Å². The second-order valence-corrected chi connectivity index (χ2v) is 6.09. The first-order valence-electron chi connectivity index (χ1n) is 8.21. The van der Waals surface area contributed by atoms with Crippen molar-refractivity contribution in [2.24, 2.45) is 0 Å². The molecule has 1 aliphatic rings. The van der Waals surface area contributed by atoms with Gasteiger partial charge in [-0.2, -0.15) is 0 Å². The third-order valence-electron chi connectivity index (χ3n) is 4.25. The van der Waals surface area contributed by atoms with Crippen molar-refractivity contribution >= 4 is 17.8 Å². The van der Waals surface area contributed by atoms with Crippen molar-refractivity contribution in [1.82, 2.24) is 10.2 Å². The first-order valence-corrected chi connectivity index (χ1v) is 8.21. The van der Waals surface area contributed by atoms with E-state index in [0.717, 1.165) is 5.56 Å². The number of amides is 2. The van der Waals surface area contributed by atoms with E-state index < -0.39 is 0 Å². The number of piperidine rings is 1. The fraction of sp³-hybridized carbons (Fsp3) is 0.500. The standard InChI is InChI=1S/C18H24N2O4/c1-13-3-5-14(6-4-13)16(21)7-8-17(22)19-15-9-11-20(12-10-15)18(23)24-2/h3-6,15H,7-12H2,1-2H3,(H,19,22). The number of carbonyl (C=O) groups excluding carboxylic acids is 3. The summed E-state index contributed by atoms with van der Waals surface area (Å²) in [5.41, 5.74) is 1.74. The Hall–Kier alpha value is -2.37. The Morgan fingerprint density at radius 2 is 1.75 bits per heavy atom. The number of methoxy groups -OCH3 is 1. The highest BCUT2D eigenvalue weighted by Crippen LogP contribution is 2.12. The number of aryl methyl sites for hydroxylation is 1. The molecule has 2 rings (SSSR count). The van der Waals surface area contributed by atoms with Crippen LogP contribution >= 0.6 is 0 Å². The van der Waals surface area contributed by atoms with E-state index in [1.165, 1.54) is 7.11 Å². The van der Waals surface area contributed by atoms with Gasteiger partial charge in [-0.25, -0.2) is 4.79 Å². The zero-order chi connectivity index (χ0) is 17.5. The lowest BCUT2D eigenvalue weighted by Crippen LogP contribution is -2.46. The van der Waals surface area contributed by atoms with E-state index >= 15 is 0 Å². The van der Waals surface area contributed by atoms with E-state index in [2.05, 4.69) is 10.1 Å². The van der Waals surface area contributed by atoms with Crippen LogP contribution in [0.4, 0.5) is 4.79 Å².